The second kappa shape index (κ2) is 14.2. The standard InChI is InChI=1S/C61H43N/c1-61(2)58-27-15-14-26-53(58)57-38-56(40-16-4-3-5-17-40)60(39-59(57)61)62(45-32-28-41(29-33-45)54-36-43-18-6-8-20-47(43)49-22-10-12-24-51(49)54)46-34-30-42(31-35-46)55-37-44-19-7-9-21-48(44)50-23-11-13-25-52(50)55/h3-39H,1-2H3. The lowest BCUT2D eigenvalue weighted by Crippen LogP contribution is -2.17. The van der Waals surface area contributed by atoms with Crippen LogP contribution in [0.1, 0.15) is 25.0 Å². The van der Waals surface area contributed by atoms with Crippen LogP contribution in [0.15, 0.2) is 224 Å². The average Bonchev–Trinajstić information content (AvgIpc) is 3.56. The van der Waals surface area contributed by atoms with E-state index in [2.05, 4.69) is 243 Å². The summed E-state index contributed by atoms with van der Waals surface area (Å²) in [6, 6.07) is 83.1. The molecule has 1 aliphatic rings. The molecule has 12 rings (SSSR count). The zero-order valence-corrected chi connectivity index (χ0v) is 34.8. The fraction of sp³-hybridized carbons (Fsp3) is 0.0492. The second-order valence-corrected chi connectivity index (χ2v) is 17.3. The molecule has 1 heteroatoms. The van der Waals surface area contributed by atoms with Crippen molar-refractivity contribution in [2.75, 3.05) is 4.90 Å². The Morgan fingerprint density at radius 1 is 0.290 bits per heavy atom. The van der Waals surface area contributed by atoms with Crippen LogP contribution in [0.2, 0.25) is 0 Å². The SMILES string of the molecule is CC1(C)c2ccccc2-c2cc(-c3ccccc3)c(N(c3ccc(-c4cc5ccccc5c5ccccc45)cc3)c3ccc(-c4cc5ccccc5c5ccccc45)cc3)cc21. The number of hydrogen-bond donors (Lipinski definition) is 0. The van der Waals surface area contributed by atoms with Crippen LogP contribution in [0.25, 0.3) is 87.6 Å². The van der Waals surface area contributed by atoms with E-state index in [1.165, 1.54) is 98.7 Å². The lowest BCUT2D eigenvalue weighted by atomic mass is 9.81. The van der Waals surface area contributed by atoms with Crippen molar-refractivity contribution in [2.24, 2.45) is 0 Å². The summed E-state index contributed by atoms with van der Waals surface area (Å²) in [7, 11) is 0. The highest BCUT2D eigenvalue weighted by Gasteiger charge is 2.37. The molecule has 0 aliphatic heterocycles. The Bertz CT molecular complexity index is 3360. The van der Waals surface area contributed by atoms with Gasteiger partial charge in [-0.3, -0.25) is 0 Å². The fourth-order valence-corrected chi connectivity index (χ4v) is 10.4. The van der Waals surface area contributed by atoms with Gasteiger partial charge in [0.05, 0.1) is 5.69 Å². The summed E-state index contributed by atoms with van der Waals surface area (Å²) < 4.78 is 0. The second-order valence-electron chi connectivity index (χ2n) is 17.3. The highest BCUT2D eigenvalue weighted by Crippen LogP contribution is 2.53. The van der Waals surface area contributed by atoms with E-state index >= 15 is 0 Å². The van der Waals surface area contributed by atoms with Gasteiger partial charge in [-0.15, -0.1) is 0 Å². The molecule has 0 N–H and O–H groups in total. The van der Waals surface area contributed by atoms with Gasteiger partial charge in [-0.2, -0.15) is 0 Å². The highest BCUT2D eigenvalue weighted by atomic mass is 15.1. The lowest BCUT2D eigenvalue weighted by Gasteiger charge is -2.31. The van der Waals surface area contributed by atoms with E-state index in [1.807, 2.05) is 0 Å². The predicted molar refractivity (Wildman–Crippen MR) is 265 cm³/mol. The zero-order chi connectivity index (χ0) is 41.4. The summed E-state index contributed by atoms with van der Waals surface area (Å²) in [6.07, 6.45) is 0. The molecule has 11 aromatic carbocycles. The molecule has 0 heterocycles. The summed E-state index contributed by atoms with van der Waals surface area (Å²) in [5.41, 5.74) is 15.8. The summed E-state index contributed by atoms with van der Waals surface area (Å²) in [4.78, 5) is 2.48. The van der Waals surface area contributed by atoms with Crippen LogP contribution in [-0.2, 0) is 5.41 Å². The Morgan fingerprint density at radius 2 is 0.726 bits per heavy atom. The normalized spacial score (nSPS) is 12.8. The van der Waals surface area contributed by atoms with E-state index in [4.69, 9.17) is 0 Å². The number of rotatable bonds is 6. The lowest BCUT2D eigenvalue weighted by molar-refractivity contribution is 0.660. The van der Waals surface area contributed by atoms with Crippen LogP contribution < -0.4 is 4.90 Å². The first kappa shape index (κ1) is 36.1. The fourth-order valence-electron chi connectivity index (χ4n) is 10.4. The molecule has 0 bridgehead atoms. The van der Waals surface area contributed by atoms with E-state index in [0.29, 0.717) is 0 Å². The maximum Gasteiger partial charge on any atom is 0.0543 e. The first-order valence-corrected chi connectivity index (χ1v) is 21.7. The largest absolute Gasteiger partial charge is 0.310 e. The van der Waals surface area contributed by atoms with Gasteiger partial charge in [0.1, 0.15) is 0 Å². The molecule has 0 atom stereocenters. The highest BCUT2D eigenvalue weighted by molar-refractivity contribution is 6.15. The topological polar surface area (TPSA) is 3.24 Å². The first-order chi connectivity index (χ1) is 30.5. The third kappa shape index (κ3) is 5.70. The van der Waals surface area contributed by atoms with Gasteiger partial charge in [0, 0.05) is 22.4 Å². The third-order valence-electron chi connectivity index (χ3n) is 13.4. The van der Waals surface area contributed by atoms with E-state index in [0.717, 1.165) is 17.1 Å². The summed E-state index contributed by atoms with van der Waals surface area (Å²) in [5.74, 6) is 0. The Kier molecular flexibility index (Phi) is 8.27. The van der Waals surface area contributed by atoms with E-state index < -0.39 is 0 Å². The van der Waals surface area contributed by atoms with Gasteiger partial charge in [0.15, 0.2) is 0 Å². The molecule has 0 saturated heterocycles. The van der Waals surface area contributed by atoms with Gasteiger partial charge in [-0.1, -0.05) is 190 Å². The van der Waals surface area contributed by atoms with Crippen molar-refractivity contribution in [1.29, 1.82) is 0 Å². The van der Waals surface area contributed by atoms with Gasteiger partial charge in [0.25, 0.3) is 0 Å². The van der Waals surface area contributed by atoms with Crippen LogP contribution in [0.3, 0.4) is 0 Å². The molecule has 0 spiro atoms. The Morgan fingerprint density at radius 3 is 1.27 bits per heavy atom. The van der Waals surface area contributed by atoms with Crippen LogP contribution in [0.4, 0.5) is 17.1 Å². The molecule has 1 nitrogen and oxygen atoms in total. The van der Waals surface area contributed by atoms with Crippen molar-refractivity contribution in [1.82, 2.24) is 0 Å². The summed E-state index contributed by atoms with van der Waals surface area (Å²) in [5, 5.41) is 10.1. The minimum absolute atomic E-state index is 0.163. The van der Waals surface area contributed by atoms with Crippen molar-refractivity contribution in [3.63, 3.8) is 0 Å². The van der Waals surface area contributed by atoms with Gasteiger partial charge in [-0.25, -0.2) is 0 Å². The number of hydrogen-bond acceptors (Lipinski definition) is 1. The molecule has 11 aromatic rings. The van der Waals surface area contributed by atoms with Crippen molar-refractivity contribution in [3.8, 4) is 44.5 Å². The quantitative estimate of drug-likeness (QED) is 0.152. The summed E-state index contributed by atoms with van der Waals surface area (Å²) >= 11 is 0. The number of benzene rings is 11. The van der Waals surface area contributed by atoms with Gasteiger partial charge < -0.3 is 4.90 Å². The van der Waals surface area contributed by atoms with Crippen LogP contribution in [0.5, 0.6) is 0 Å². The molecule has 0 radical (unpaired) electrons. The first-order valence-electron chi connectivity index (χ1n) is 21.7. The molecule has 0 aromatic heterocycles. The number of nitrogens with zero attached hydrogens (tertiary/aromatic N) is 1. The maximum absolute atomic E-state index is 2.48. The van der Waals surface area contributed by atoms with Crippen LogP contribution >= 0.6 is 0 Å². The van der Waals surface area contributed by atoms with Gasteiger partial charge >= 0.3 is 0 Å². The third-order valence-corrected chi connectivity index (χ3v) is 13.4. The average molecular weight is 790 g/mol. The van der Waals surface area contributed by atoms with Gasteiger partial charge in [-0.05, 0) is 142 Å². The van der Waals surface area contributed by atoms with E-state index in [1.54, 1.807) is 0 Å². The Labute approximate surface area is 362 Å². The smallest absolute Gasteiger partial charge is 0.0543 e. The van der Waals surface area contributed by atoms with Crippen molar-refractivity contribution >= 4 is 60.2 Å². The maximum atomic E-state index is 2.48. The number of anilines is 3. The van der Waals surface area contributed by atoms with E-state index in [-0.39, 0.29) is 5.41 Å². The van der Waals surface area contributed by atoms with Crippen molar-refractivity contribution in [2.45, 2.75) is 19.3 Å². The molecule has 0 saturated carbocycles. The predicted octanol–water partition coefficient (Wildman–Crippen LogP) is 17.1. The van der Waals surface area contributed by atoms with Crippen molar-refractivity contribution in [3.05, 3.63) is 236 Å². The molecular weight excluding hydrogens is 747 g/mol. The monoisotopic (exact) mass is 789 g/mol. The molecule has 0 fully saturated rings. The molecule has 292 valence electrons. The molecule has 62 heavy (non-hydrogen) atoms. The van der Waals surface area contributed by atoms with Gasteiger partial charge in [0.2, 0.25) is 0 Å². The summed E-state index contributed by atoms with van der Waals surface area (Å²) in [6.45, 7) is 4.75. The van der Waals surface area contributed by atoms with Crippen LogP contribution in [-0.4, -0.2) is 0 Å². The van der Waals surface area contributed by atoms with E-state index in [9.17, 15) is 0 Å². The minimum Gasteiger partial charge on any atom is -0.310 e. The number of fused-ring (bicyclic) bond motifs is 9. The van der Waals surface area contributed by atoms with Crippen LogP contribution in [0, 0.1) is 0 Å². The minimum atomic E-state index is -0.163. The molecule has 1 aliphatic carbocycles. The zero-order valence-electron chi connectivity index (χ0n) is 34.8. The molecule has 0 amide bonds. The molecule has 0 unspecified atom stereocenters. The van der Waals surface area contributed by atoms with Crippen molar-refractivity contribution < 1.29 is 0 Å². The Hall–Kier alpha value is -7.74. The molecular formula is C61H43N. The Balaban J connectivity index is 1.07.